The fourth-order valence-electron chi connectivity index (χ4n) is 2.46. The van der Waals surface area contributed by atoms with Crippen molar-refractivity contribution in [1.29, 1.82) is 0 Å². The highest BCUT2D eigenvalue weighted by Crippen LogP contribution is 2.29. The first kappa shape index (κ1) is 16.9. The minimum absolute atomic E-state index is 0.0260. The molecule has 25 heavy (non-hydrogen) atoms. The van der Waals surface area contributed by atoms with E-state index in [0.717, 1.165) is 6.07 Å². The molecule has 3 aromatic heterocycles. The van der Waals surface area contributed by atoms with E-state index in [0.29, 0.717) is 10.2 Å². The maximum atomic E-state index is 13.2. The summed E-state index contributed by atoms with van der Waals surface area (Å²) in [6, 6.07) is 3.89. The largest absolute Gasteiger partial charge is 0.433 e. The first-order valence-corrected chi connectivity index (χ1v) is 7.34. The number of fused-ring (bicyclic) bond motifs is 1. The Morgan fingerprint density at radius 1 is 1.28 bits per heavy atom. The van der Waals surface area contributed by atoms with E-state index in [2.05, 4.69) is 15.2 Å². The maximum Gasteiger partial charge on any atom is 0.433 e. The van der Waals surface area contributed by atoms with Crippen LogP contribution in [0, 0.1) is 6.92 Å². The summed E-state index contributed by atoms with van der Waals surface area (Å²) >= 11 is 0. The van der Waals surface area contributed by atoms with Crippen molar-refractivity contribution in [1.82, 2.24) is 29.3 Å². The number of hydrogen-bond acceptors (Lipinski definition) is 4. The van der Waals surface area contributed by atoms with Gasteiger partial charge in [-0.15, -0.1) is 0 Å². The van der Waals surface area contributed by atoms with E-state index in [4.69, 9.17) is 0 Å². The van der Waals surface area contributed by atoms with Crippen molar-refractivity contribution in [2.45, 2.75) is 19.6 Å². The molecule has 0 spiro atoms. The number of aromatic nitrogens is 5. The van der Waals surface area contributed by atoms with Crippen LogP contribution in [-0.4, -0.2) is 42.2 Å². The van der Waals surface area contributed by atoms with E-state index in [1.165, 1.54) is 24.9 Å². The maximum absolute atomic E-state index is 13.2. The third-order valence-electron chi connectivity index (χ3n) is 3.58. The Kier molecular flexibility index (Phi) is 3.97. The molecule has 0 fully saturated rings. The molecule has 10 heteroatoms. The summed E-state index contributed by atoms with van der Waals surface area (Å²) < 4.78 is 41.7. The van der Waals surface area contributed by atoms with Gasteiger partial charge in [0.2, 0.25) is 0 Å². The summed E-state index contributed by atoms with van der Waals surface area (Å²) in [5, 5.41) is 7.97. The van der Waals surface area contributed by atoms with Gasteiger partial charge in [-0.2, -0.15) is 23.4 Å². The van der Waals surface area contributed by atoms with Crippen LogP contribution in [-0.2, 0) is 19.8 Å². The number of hydrogen-bond donors (Lipinski definition) is 0. The van der Waals surface area contributed by atoms with Gasteiger partial charge in [-0.1, -0.05) is 0 Å². The molecule has 7 nitrogen and oxygen atoms in total. The van der Waals surface area contributed by atoms with Crippen molar-refractivity contribution in [2.75, 3.05) is 7.05 Å². The van der Waals surface area contributed by atoms with Crippen molar-refractivity contribution in [3.8, 4) is 0 Å². The molecule has 0 saturated heterocycles. The van der Waals surface area contributed by atoms with E-state index < -0.39 is 17.8 Å². The predicted octanol–water partition coefficient (Wildman–Crippen LogP) is 2.06. The van der Waals surface area contributed by atoms with Crippen molar-refractivity contribution in [3.05, 3.63) is 47.2 Å². The van der Waals surface area contributed by atoms with E-state index in [1.807, 2.05) is 0 Å². The molecule has 3 aromatic rings. The van der Waals surface area contributed by atoms with Gasteiger partial charge >= 0.3 is 6.18 Å². The molecule has 0 aromatic carbocycles. The van der Waals surface area contributed by atoms with Gasteiger partial charge < -0.3 is 4.90 Å². The summed E-state index contributed by atoms with van der Waals surface area (Å²) in [6.45, 7) is 1.67. The van der Waals surface area contributed by atoms with Gasteiger partial charge in [0.25, 0.3) is 5.91 Å². The topological polar surface area (TPSA) is 68.3 Å². The zero-order valence-corrected chi connectivity index (χ0v) is 13.7. The highest BCUT2D eigenvalue weighted by molar-refractivity contribution is 5.93. The van der Waals surface area contributed by atoms with Crippen LogP contribution in [0.1, 0.15) is 27.6 Å². The van der Waals surface area contributed by atoms with Gasteiger partial charge in [-0.3, -0.25) is 9.48 Å². The van der Waals surface area contributed by atoms with Crippen molar-refractivity contribution in [3.63, 3.8) is 0 Å². The highest BCUT2D eigenvalue weighted by atomic mass is 19.4. The third-order valence-corrected chi connectivity index (χ3v) is 3.58. The van der Waals surface area contributed by atoms with E-state index in [-0.39, 0.29) is 23.6 Å². The Hall–Kier alpha value is -2.91. The lowest BCUT2D eigenvalue weighted by Crippen LogP contribution is -2.27. The summed E-state index contributed by atoms with van der Waals surface area (Å²) in [4.78, 5) is 17.8. The summed E-state index contributed by atoms with van der Waals surface area (Å²) in [5.74, 6) is -0.512. The van der Waals surface area contributed by atoms with Crippen molar-refractivity contribution >= 4 is 11.6 Å². The van der Waals surface area contributed by atoms with Crippen LogP contribution >= 0.6 is 0 Å². The van der Waals surface area contributed by atoms with Crippen LogP contribution in [0.3, 0.4) is 0 Å². The number of amides is 1. The zero-order valence-electron chi connectivity index (χ0n) is 13.7. The molecule has 0 bridgehead atoms. The number of halogens is 3. The lowest BCUT2D eigenvalue weighted by molar-refractivity contribution is -0.142. The Morgan fingerprint density at radius 3 is 2.60 bits per heavy atom. The normalized spacial score (nSPS) is 11.9. The van der Waals surface area contributed by atoms with Crippen LogP contribution in [0.15, 0.2) is 24.4 Å². The predicted molar refractivity (Wildman–Crippen MR) is 81.7 cm³/mol. The molecular weight excluding hydrogens is 337 g/mol. The quantitative estimate of drug-likeness (QED) is 0.724. The van der Waals surface area contributed by atoms with Crippen LogP contribution in [0.2, 0.25) is 0 Å². The fourth-order valence-corrected chi connectivity index (χ4v) is 2.46. The van der Waals surface area contributed by atoms with Crippen LogP contribution in [0.25, 0.3) is 5.65 Å². The zero-order chi connectivity index (χ0) is 18.4. The number of carbonyl (C=O) groups is 1. The van der Waals surface area contributed by atoms with Gasteiger partial charge in [0, 0.05) is 32.1 Å². The Morgan fingerprint density at radius 2 is 2.00 bits per heavy atom. The molecule has 0 aliphatic carbocycles. The van der Waals surface area contributed by atoms with Crippen LogP contribution in [0.5, 0.6) is 0 Å². The lowest BCUT2D eigenvalue weighted by Gasteiger charge is -2.14. The van der Waals surface area contributed by atoms with Crippen LogP contribution in [0.4, 0.5) is 13.2 Å². The molecule has 3 heterocycles. The number of rotatable bonds is 3. The third kappa shape index (κ3) is 3.32. The standard InChI is InChI=1S/C15H15F3N6O/c1-9-6-12(15(16,17)18)24-13(19-9)7-11(21-24)14(25)22(2)8-10-4-5-23(3)20-10/h4-7H,8H2,1-3H3. The Labute approximate surface area is 140 Å². The minimum Gasteiger partial charge on any atom is -0.334 e. The Bertz CT molecular complexity index is 943. The number of nitrogens with zero attached hydrogens (tertiary/aromatic N) is 6. The average molecular weight is 352 g/mol. The molecule has 0 saturated carbocycles. The highest BCUT2D eigenvalue weighted by Gasteiger charge is 2.35. The van der Waals surface area contributed by atoms with Crippen molar-refractivity contribution < 1.29 is 18.0 Å². The summed E-state index contributed by atoms with van der Waals surface area (Å²) in [6.07, 6.45) is -2.86. The van der Waals surface area contributed by atoms with Gasteiger partial charge in [0.15, 0.2) is 11.3 Å². The molecule has 3 rings (SSSR count). The molecule has 132 valence electrons. The first-order chi connectivity index (χ1) is 11.6. The number of aryl methyl sites for hydroxylation is 2. The number of alkyl halides is 3. The Balaban J connectivity index is 1.94. The molecular formula is C15H15F3N6O. The summed E-state index contributed by atoms with van der Waals surface area (Å²) in [5.41, 5.74) is -0.252. The van der Waals surface area contributed by atoms with Crippen LogP contribution < -0.4 is 0 Å². The molecule has 0 atom stereocenters. The van der Waals surface area contributed by atoms with Gasteiger partial charge in [0.05, 0.1) is 12.2 Å². The van der Waals surface area contributed by atoms with Gasteiger partial charge in [-0.25, -0.2) is 9.50 Å². The van der Waals surface area contributed by atoms with E-state index >= 15 is 0 Å². The second-order valence-electron chi connectivity index (χ2n) is 5.72. The average Bonchev–Trinajstić information content (AvgIpc) is 3.10. The molecule has 0 unspecified atom stereocenters. The molecule has 0 aliphatic heterocycles. The van der Waals surface area contributed by atoms with Gasteiger partial charge in [-0.05, 0) is 19.1 Å². The molecule has 0 radical (unpaired) electrons. The minimum atomic E-state index is -4.60. The van der Waals surface area contributed by atoms with E-state index in [1.54, 1.807) is 24.0 Å². The monoisotopic (exact) mass is 352 g/mol. The van der Waals surface area contributed by atoms with Crippen molar-refractivity contribution in [2.24, 2.45) is 7.05 Å². The molecule has 0 aliphatic rings. The fraction of sp³-hybridized carbons (Fsp3) is 0.333. The van der Waals surface area contributed by atoms with Gasteiger partial charge in [0.1, 0.15) is 5.69 Å². The number of carbonyl (C=O) groups excluding carboxylic acids is 1. The smallest absolute Gasteiger partial charge is 0.334 e. The SMILES string of the molecule is Cc1cc(C(F)(F)F)n2nc(C(=O)N(C)Cc3ccn(C)n3)cc2n1. The molecule has 0 N–H and O–H groups in total. The second-order valence-corrected chi connectivity index (χ2v) is 5.72. The first-order valence-electron chi connectivity index (χ1n) is 7.34. The second kappa shape index (κ2) is 5.87. The summed E-state index contributed by atoms with van der Waals surface area (Å²) in [7, 11) is 3.28. The van der Waals surface area contributed by atoms with E-state index in [9.17, 15) is 18.0 Å². The molecule has 1 amide bonds. The lowest BCUT2D eigenvalue weighted by atomic mass is 10.3.